The van der Waals surface area contributed by atoms with E-state index in [1.807, 2.05) is 0 Å². The van der Waals surface area contributed by atoms with Crippen molar-refractivity contribution in [3.8, 4) is 0 Å². The van der Waals surface area contributed by atoms with Crippen molar-refractivity contribution in [2.24, 2.45) is 11.8 Å². The van der Waals surface area contributed by atoms with Crippen LogP contribution < -0.4 is 5.32 Å². The Balaban J connectivity index is 1.91. The lowest BCUT2D eigenvalue weighted by Crippen LogP contribution is -2.29. The van der Waals surface area contributed by atoms with Crippen molar-refractivity contribution in [2.75, 3.05) is 25.1 Å². The normalized spacial score (nSPS) is 25.7. The van der Waals surface area contributed by atoms with Crippen LogP contribution in [0.1, 0.15) is 13.3 Å². The molecule has 0 bridgehead atoms. The quantitative estimate of drug-likeness (QED) is 0.567. The van der Waals surface area contributed by atoms with Crippen molar-refractivity contribution >= 4 is 21.8 Å². The van der Waals surface area contributed by atoms with Gasteiger partial charge in [-0.3, -0.25) is 4.79 Å². The van der Waals surface area contributed by atoms with E-state index in [4.69, 9.17) is 4.74 Å². The Morgan fingerprint density at radius 2 is 2.31 bits per heavy atom. The topological polar surface area (TPSA) is 38.3 Å². The van der Waals surface area contributed by atoms with Gasteiger partial charge in [-0.25, -0.2) is 0 Å². The average molecular weight is 250 g/mol. The molecule has 2 atom stereocenters. The zero-order valence-corrected chi connectivity index (χ0v) is 9.47. The van der Waals surface area contributed by atoms with E-state index in [2.05, 4.69) is 28.2 Å². The summed E-state index contributed by atoms with van der Waals surface area (Å²) in [6.07, 6.45) is 1.05. The van der Waals surface area contributed by atoms with Crippen molar-refractivity contribution in [2.45, 2.75) is 13.3 Å². The number of rotatable bonds is 6. The molecule has 0 aliphatic heterocycles. The Morgan fingerprint density at radius 1 is 1.62 bits per heavy atom. The van der Waals surface area contributed by atoms with Gasteiger partial charge < -0.3 is 10.1 Å². The number of nitrogens with one attached hydrogen (secondary N) is 1. The van der Waals surface area contributed by atoms with Crippen LogP contribution in [0.4, 0.5) is 0 Å². The summed E-state index contributed by atoms with van der Waals surface area (Å²) in [5, 5.41) is 3.70. The summed E-state index contributed by atoms with van der Waals surface area (Å²) in [6.45, 7) is 4.05. The minimum Gasteiger partial charge on any atom is -0.379 e. The minimum atomic E-state index is 0.190. The van der Waals surface area contributed by atoms with Gasteiger partial charge in [0, 0.05) is 17.8 Å². The molecular formula is C9H16BrNO2. The summed E-state index contributed by atoms with van der Waals surface area (Å²) >= 11 is 3.26. The number of hydrogen-bond donors (Lipinski definition) is 1. The van der Waals surface area contributed by atoms with Gasteiger partial charge in [-0.05, 0) is 12.3 Å². The van der Waals surface area contributed by atoms with Gasteiger partial charge in [-0.15, -0.1) is 0 Å². The Bertz CT molecular complexity index is 175. The Kier molecular flexibility index (Phi) is 4.73. The number of halogens is 1. The van der Waals surface area contributed by atoms with E-state index in [1.165, 1.54) is 0 Å². The predicted molar refractivity (Wildman–Crippen MR) is 54.9 cm³/mol. The number of alkyl halides is 1. The number of carbonyl (C=O) groups excluding carboxylic acids is 1. The smallest absolute Gasteiger partial charge is 0.223 e. The Labute approximate surface area is 87.3 Å². The molecule has 0 spiro atoms. The fourth-order valence-electron chi connectivity index (χ4n) is 1.22. The molecule has 0 radical (unpaired) electrons. The highest BCUT2D eigenvalue weighted by atomic mass is 79.9. The average Bonchev–Trinajstić information content (AvgIpc) is 2.82. The van der Waals surface area contributed by atoms with Gasteiger partial charge in [0.1, 0.15) is 0 Å². The number of carbonyl (C=O) groups is 1. The number of amides is 1. The van der Waals surface area contributed by atoms with Crippen molar-refractivity contribution in [1.82, 2.24) is 5.32 Å². The third kappa shape index (κ3) is 4.09. The van der Waals surface area contributed by atoms with Crippen LogP contribution in [0, 0.1) is 11.8 Å². The van der Waals surface area contributed by atoms with Crippen LogP contribution in [0.5, 0.6) is 0 Å². The van der Waals surface area contributed by atoms with Crippen LogP contribution in [0.2, 0.25) is 0 Å². The lowest BCUT2D eigenvalue weighted by atomic mass is 10.3. The van der Waals surface area contributed by atoms with Gasteiger partial charge in [-0.2, -0.15) is 0 Å². The fourth-order valence-corrected chi connectivity index (χ4v) is 1.45. The molecule has 1 fully saturated rings. The molecule has 2 unspecified atom stereocenters. The van der Waals surface area contributed by atoms with Gasteiger partial charge in [0.25, 0.3) is 0 Å². The van der Waals surface area contributed by atoms with Crippen molar-refractivity contribution in [1.29, 1.82) is 0 Å². The molecule has 1 aliphatic rings. The highest BCUT2D eigenvalue weighted by Gasteiger charge is 2.38. The van der Waals surface area contributed by atoms with E-state index in [0.29, 0.717) is 25.7 Å². The first kappa shape index (κ1) is 11.0. The molecule has 0 saturated heterocycles. The van der Waals surface area contributed by atoms with E-state index in [1.54, 1.807) is 0 Å². The SMILES string of the molecule is CC1CC1C(=O)NCCOCCBr. The molecule has 1 saturated carbocycles. The van der Waals surface area contributed by atoms with Crippen LogP contribution in [0.15, 0.2) is 0 Å². The van der Waals surface area contributed by atoms with Crippen LogP contribution in [-0.4, -0.2) is 31.0 Å². The van der Waals surface area contributed by atoms with E-state index in [0.717, 1.165) is 11.8 Å². The maximum absolute atomic E-state index is 11.3. The zero-order valence-electron chi connectivity index (χ0n) is 7.88. The molecule has 13 heavy (non-hydrogen) atoms. The first-order valence-electron chi connectivity index (χ1n) is 4.67. The van der Waals surface area contributed by atoms with Crippen molar-refractivity contribution < 1.29 is 9.53 Å². The van der Waals surface area contributed by atoms with Gasteiger partial charge in [0.2, 0.25) is 5.91 Å². The molecule has 0 aromatic rings. The Hall–Kier alpha value is -0.0900. The highest BCUT2D eigenvalue weighted by Crippen LogP contribution is 2.37. The molecule has 0 aromatic heterocycles. The molecule has 1 N–H and O–H groups in total. The summed E-state index contributed by atoms with van der Waals surface area (Å²) in [5.41, 5.74) is 0. The van der Waals surface area contributed by atoms with Crippen molar-refractivity contribution in [3.63, 3.8) is 0 Å². The summed E-state index contributed by atoms with van der Waals surface area (Å²) in [4.78, 5) is 11.3. The van der Waals surface area contributed by atoms with Crippen LogP contribution in [0.3, 0.4) is 0 Å². The second-order valence-corrected chi connectivity index (χ2v) is 4.20. The fraction of sp³-hybridized carbons (Fsp3) is 0.889. The molecule has 4 heteroatoms. The minimum absolute atomic E-state index is 0.190. The summed E-state index contributed by atoms with van der Waals surface area (Å²) in [6, 6.07) is 0. The lowest BCUT2D eigenvalue weighted by molar-refractivity contribution is -0.122. The molecule has 0 aromatic carbocycles. The molecule has 1 rings (SSSR count). The molecule has 1 amide bonds. The lowest BCUT2D eigenvalue weighted by Gasteiger charge is -2.04. The summed E-state index contributed by atoms with van der Waals surface area (Å²) in [7, 11) is 0. The molecule has 1 aliphatic carbocycles. The second-order valence-electron chi connectivity index (χ2n) is 3.41. The summed E-state index contributed by atoms with van der Waals surface area (Å²) < 4.78 is 5.20. The molecule has 76 valence electrons. The maximum atomic E-state index is 11.3. The predicted octanol–water partition coefficient (Wildman–Crippen LogP) is 1.17. The first-order chi connectivity index (χ1) is 6.25. The summed E-state index contributed by atoms with van der Waals surface area (Å²) in [5.74, 6) is 1.05. The molecule has 0 heterocycles. The van der Waals surface area contributed by atoms with E-state index < -0.39 is 0 Å². The van der Waals surface area contributed by atoms with Gasteiger partial charge in [-0.1, -0.05) is 22.9 Å². The Morgan fingerprint density at radius 3 is 2.85 bits per heavy atom. The molecular weight excluding hydrogens is 234 g/mol. The van der Waals surface area contributed by atoms with Crippen LogP contribution >= 0.6 is 15.9 Å². The standard InChI is InChI=1S/C9H16BrNO2/c1-7-6-8(7)9(12)11-3-5-13-4-2-10/h7-8H,2-6H2,1H3,(H,11,12). The van der Waals surface area contributed by atoms with Crippen LogP contribution in [0.25, 0.3) is 0 Å². The monoisotopic (exact) mass is 249 g/mol. The third-order valence-corrected chi connectivity index (χ3v) is 2.54. The van der Waals surface area contributed by atoms with Gasteiger partial charge in [0.15, 0.2) is 0 Å². The first-order valence-corrected chi connectivity index (χ1v) is 5.79. The largest absolute Gasteiger partial charge is 0.379 e. The highest BCUT2D eigenvalue weighted by molar-refractivity contribution is 9.09. The third-order valence-electron chi connectivity index (χ3n) is 2.21. The van der Waals surface area contributed by atoms with Gasteiger partial charge in [0.05, 0.1) is 13.2 Å². The number of hydrogen-bond acceptors (Lipinski definition) is 2. The van der Waals surface area contributed by atoms with E-state index in [-0.39, 0.29) is 11.8 Å². The second kappa shape index (κ2) is 5.60. The molecule has 3 nitrogen and oxygen atoms in total. The van der Waals surface area contributed by atoms with Crippen molar-refractivity contribution in [3.05, 3.63) is 0 Å². The van der Waals surface area contributed by atoms with Crippen LogP contribution in [-0.2, 0) is 9.53 Å². The van der Waals surface area contributed by atoms with E-state index in [9.17, 15) is 4.79 Å². The maximum Gasteiger partial charge on any atom is 0.223 e. The number of ether oxygens (including phenoxy) is 1. The van der Waals surface area contributed by atoms with Gasteiger partial charge >= 0.3 is 0 Å². The van der Waals surface area contributed by atoms with E-state index >= 15 is 0 Å². The zero-order chi connectivity index (χ0) is 9.68.